The number of nitrogens with zero attached hydrogens (tertiary/aromatic N) is 2. The molecule has 15 heavy (non-hydrogen) atoms. The molecule has 10 heteroatoms. The molecular formula is C5H7N3O6S. The Morgan fingerprint density at radius 1 is 1.33 bits per heavy atom. The molecule has 0 radical (unpaired) electrons. The molecular weight excluding hydrogens is 230 g/mol. The van der Waals surface area contributed by atoms with Crippen LogP contribution in [0.5, 0.6) is 0 Å². The average Bonchev–Trinajstić information content (AvgIpc) is 2.00. The number of anilines is 1. The lowest BCUT2D eigenvalue weighted by molar-refractivity contribution is 0.0690. The van der Waals surface area contributed by atoms with E-state index in [1.54, 1.807) is 0 Å². The van der Waals surface area contributed by atoms with Gasteiger partial charge < -0.3 is 10.8 Å². The van der Waals surface area contributed by atoms with Crippen LogP contribution in [0.25, 0.3) is 0 Å². The van der Waals surface area contributed by atoms with Crippen LogP contribution in [0.1, 0.15) is 10.5 Å². The van der Waals surface area contributed by atoms with Crippen molar-refractivity contribution in [1.29, 1.82) is 0 Å². The van der Waals surface area contributed by atoms with Crippen LogP contribution >= 0.6 is 0 Å². The topological polar surface area (TPSA) is 164 Å². The molecule has 9 nitrogen and oxygen atoms in total. The molecule has 84 valence electrons. The van der Waals surface area contributed by atoms with Crippen LogP contribution in [-0.4, -0.2) is 38.6 Å². The predicted molar refractivity (Wildman–Crippen MR) is 47.6 cm³/mol. The fraction of sp³-hybridized carbons (Fsp3) is 0. The summed E-state index contributed by atoms with van der Waals surface area (Å²) in [5.41, 5.74) is 5.09. The van der Waals surface area contributed by atoms with Gasteiger partial charge in [-0.1, -0.05) is 0 Å². The third kappa shape index (κ3) is 8.55. The first-order chi connectivity index (χ1) is 6.70. The first-order valence-corrected chi connectivity index (χ1v) is 4.60. The number of hydrogen-bond donors (Lipinski definition) is 4. The minimum Gasteiger partial charge on any atom is -0.477 e. The van der Waals surface area contributed by atoms with Gasteiger partial charge in [-0.3, -0.25) is 9.11 Å². The highest BCUT2D eigenvalue weighted by molar-refractivity contribution is 7.79. The van der Waals surface area contributed by atoms with Crippen molar-refractivity contribution in [3.63, 3.8) is 0 Å². The molecule has 0 unspecified atom stereocenters. The largest absolute Gasteiger partial charge is 0.477 e. The van der Waals surface area contributed by atoms with E-state index in [9.17, 15) is 4.79 Å². The second kappa shape index (κ2) is 5.19. The fourth-order valence-corrected chi connectivity index (χ4v) is 0.489. The molecule has 1 aromatic heterocycles. The lowest BCUT2D eigenvalue weighted by Crippen LogP contribution is -2.02. The van der Waals surface area contributed by atoms with E-state index in [4.69, 9.17) is 28.4 Å². The van der Waals surface area contributed by atoms with Gasteiger partial charge in [0.25, 0.3) is 0 Å². The Kier molecular flexibility index (Phi) is 4.57. The molecule has 1 aromatic rings. The Bertz CT molecular complexity index is 436. The molecule has 0 saturated heterocycles. The van der Waals surface area contributed by atoms with E-state index in [0.717, 1.165) is 6.33 Å². The van der Waals surface area contributed by atoms with Crippen molar-refractivity contribution in [2.45, 2.75) is 0 Å². The highest BCUT2D eigenvalue weighted by Gasteiger charge is 2.02. The zero-order chi connectivity index (χ0) is 12.1. The highest BCUT2D eigenvalue weighted by atomic mass is 32.3. The summed E-state index contributed by atoms with van der Waals surface area (Å²) in [7, 11) is -4.67. The first-order valence-electron chi connectivity index (χ1n) is 3.21. The predicted octanol–water partition coefficient (Wildman–Crippen LogP) is -0.896. The Hall–Kier alpha value is -1.78. The molecule has 0 saturated carbocycles. The van der Waals surface area contributed by atoms with Gasteiger partial charge in [0.2, 0.25) is 0 Å². The fourth-order valence-electron chi connectivity index (χ4n) is 0.489. The van der Waals surface area contributed by atoms with Gasteiger partial charge in [0, 0.05) is 6.07 Å². The van der Waals surface area contributed by atoms with Crippen molar-refractivity contribution in [2.24, 2.45) is 0 Å². The lowest BCUT2D eigenvalue weighted by Gasteiger charge is -1.91. The van der Waals surface area contributed by atoms with Crippen molar-refractivity contribution < 1.29 is 27.4 Å². The van der Waals surface area contributed by atoms with Crippen LogP contribution in [0.15, 0.2) is 12.4 Å². The van der Waals surface area contributed by atoms with Crippen LogP contribution in [0.2, 0.25) is 0 Å². The van der Waals surface area contributed by atoms with Gasteiger partial charge >= 0.3 is 16.4 Å². The number of aromatic nitrogens is 2. The Balaban J connectivity index is 0.000000336. The number of carboxylic acid groups (broad SMARTS) is 1. The second-order valence-corrected chi connectivity index (χ2v) is 2.98. The van der Waals surface area contributed by atoms with Gasteiger partial charge in [-0.2, -0.15) is 8.42 Å². The molecule has 1 rings (SSSR count). The van der Waals surface area contributed by atoms with Gasteiger partial charge in [-0.05, 0) is 0 Å². The SMILES string of the molecule is Nc1cc(C(=O)O)ncn1.O=S(=O)(O)O. The molecule has 0 amide bonds. The lowest BCUT2D eigenvalue weighted by atomic mass is 10.4. The third-order valence-corrected chi connectivity index (χ3v) is 0.907. The van der Waals surface area contributed by atoms with Crippen LogP contribution in [-0.2, 0) is 10.4 Å². The van der Waals surface area contributed by atoms with Crippen LogP contribution < -0.4 is 5.73 Å². The second-order valence-electron chi connectivity index (χ2n) is 2.08. The Labute approximate surface area is 84.2 Å². The molecule has 0 aliphatic rings. The van der Waals surface area contributed by atoms with E-state index in [0.29, 0.717) is 0 Å². The van der Waals surface area contributed by atoms with Gasteiger partial charge in [-0.25, -0.2) is 14.8 Å². The van der Waals surface area contributed by atoms with E-state index < -0.39 is 16.4 Å². The summed E-state index contributed by atoms with van der Waals surface area (Å²) in [5.74, 6) is -0.943. The maximum atomic E-state index is 10.2. The molecule has 5 N–H and O–H groups in total. The molecule has 0 fully saturated rings. The number of nitrogens with two attached hydrogens (primary N) is 1. The number of nitrogen functional groups attached to an aromatic ring is 1. The number of hydrogen-bond acceptors (Lipinski definition) is 6. The quantitative estimate of drug-likeness (QED) is 0.453. The van der Waals surface area contributed by atoms with E-state index in [1.165, 1.54) is 6.07 Å². The summed E-state index contributed by atoms with van der Waals surface area (Å²) in [6.45, 7) is 0. The summed E-state index contributed by atoms with van der Waals surface area (Å²) in [6.07, 6.45) is 1.11. The zero-order valence-electron chi connectivity index (χ0n) is 7.10. The summed E-state index contributed by atoms with van der Waals surface area (Å²) >= 11 is 0. The maximum absolute atomic E-state index is 10.2. The summed E-state index contributed by atoms with van der Waals surface area (Å²) in [4.78, 5) is 17.2. The van der Waals surface area contributed by atoms with Crippen LogP contribution in [0.4, 0.5) is 5.82 Å². The van der Waals surface area contributed by atoms with Crippen molar-refractivity contribution in [3.8, 4) is 0 Å². The van der Waals surface area contributed by atoms with Gasteiger partial charge in [0.15, 0.2) is 5.69 Å². The van der Waals surface area contributed by atoms with E-state index in [1.807, 2.05) is 0 Å². The first kappa shape index (κ1) is 13.2. The molecule has 0 spiro atoms. The number of carbonyl (C=O) groups is 1. The summed E-state index contributed by atoms with van der Waals surface area (Å²) in [6, 6.07) is 1.20. The van der Waals surface area contributed by atoms with Crippen molar-refractivity contribution in [3.05, 3.63) is 18.1 Å². The van der Waals surface area contributed by atoms with Gasteiger partial charge in [-0.15, -0.1) is 0 Å². The molecule has 1 heterocycles. The van der Waals surface area contributed by atoms with E-state index in [-0.39, 0.29) is 11.5 Å². The monoisotopic (exact) mass is 237 g/mol. The minimum atomic E-state index is -4.67. The van der Waals surface area contributed by atoms with Gasteiger partial charge in [0.05, 0.1) is 0 Å². The maximum Gasteiger partial charge on any atom is 0.394 e. The van der Waals surface area contributed by atoms with Crippen LogP contribution in [0.3, 0.4) is 0 Å². The normalized spacial score (nSPS) is 10.0. The number of rotatable bonds is 1. The Morgan fingerprint density at radius 3 is 2.07 bits per heavy atom. The number of carboxylic acids is 1. The third-order valence-electron chi connectivity index (χ3n) is 0.907. The standard InChI is InChI=1S/C5H5N3O2.H2O4S/c6-4-1-3(5(9)10)7-2-8-4;1-5(2,3)4/h1-2H,(H,9,10)(H2,6,7,8);(H2,1,2,3,4). The molecule has 0 bridgehead atoms. The summed E-state index contributed by atoms with van der Waals surface area (Å²) < 4.78 is 31.6. The van der Waals surface area contributed by atoms with Gasteiger partial charge in [0.1, 0.15) is 12.1 Å². The molecule has 0 aromatic carbocycles. The Morgan fingerprint density at radius 2 is 1.80 bits per heavy atom. The van der Waals surface area contributed by atoms with E-state index in [2.05, 4.69) is 9.97 Å². The average molecular weight is 237 g/mol. The van der Waals surface area contributed by atoms with E-state index >= 15 is 0 Å². The zero-order valence-corrected chi connectivity index (χ0v) is 7.92. The molecule has 0 aliphatic carbocycles. The highest BCUT2D eigenvalue weighted by Crippen LogP contribution is 1.97. The van der Waals surface area contributed by atoms with Crippen molar-refractivity contribution in [1.82, 2.24) is 9.97 Å². The smallest absolute Gasteiger partial charge is 0.394 e. The van der Waals surface area contributed by atoms with Crippen LogP contribution in [0, 0.1) is 0 Å². The molecule has 0 aliphatic heterocycles. The number of aromatic carboxylic acids is 1. The van der Waals surface area contributed by atoms with Crippen molar-refractivity contribution in [2.75, 3.05) is 5.73 Å². The minimum absolute atomic E-state index is 0.0903. The molecule has 0 atom stereocenters. The van der Waals surface area contributed by atoms with Crippen molar-refractivity contribution >= 4 is 22.2 Å². The summed E-state index contributed by atoms with van der Waals surface area (Å²) in [5, 5.41) is 8.36.